The van der Waals surface area contributed by atoms with Crippen molar-refractivity contribution in [2.24, 2.45) is 0 Å². The van der Waals surface area contributed by atoms with Crippen molar-refractivity contribution in [3.8, 4) is 0 Å². The Kier molecular flexibility index (Phi) is 1.93. The number of halogens is 2. The van der Waals surface area contributed by atoms with Crippen molar-refractivity contribution in [1.29, 1.82) is 0 Å². The molecule has 4 aromatic rings. The van der Waals surface area contributed by atoms with Crippen LogP contribution in [-0.4, -0.2) is 4.98 Å². The van der Waals surface area contributed by atoms with Gasteiger partial charge in [-0.15, -0.1) is 0 Å². The maximum atomic E-state index is 5.94. The van der Waals surface area contributed by atoms with Crippen LogP contribution in [0.3, 0.4) is 0 Å². The van der Waals surface area contributed by atoms with Gasteiger partial charge in [0, 0.05) is 27.9 Å². The summed E-state index contributed by atoms with van der Waals surface area (Å²) in [6.07, 6.45) is 0. The molecule has 0 saturated carbocycles. The maximum Gasteiger partial charge on any atom is 0.293 e. The van der Waals surface area contributed by atoms with Gasteiger partial charge in [0.2, 0.25) is 0 Å². The van der Waals surface area contributed by atoms with Crippen molar-refractivity contribution in [1.82, 2.24) is 4.98 Å². The Morgan fingerprint density at radius 3 is 2.56 bits per heavy atom. The van der Waals surface area contributed by atoms with Crippen molar-refractivity contribution in [2.75, 3.05) is 0 Å². The first kappa shape index (κ1) is 10.2. The molecule has 4 rings (SSSR count). The van der Waals surface area contributed by atoms with Gasteiger partial charge in [-0.05, 0) is 29.8 Å². The first-order chi connectivity index (χ1) is 8.70. The molecular weight excluding hydrogens is 273 g/mol. The molecule has 0 atom stereocenters. The predicted octanol–water partition coefficient (Wildman–Crippen LogP) is 5.03. The van der Waals surface area contributed by atoms with E-state index in [1.807, 2.05) is 18.2 Å². The lowest BCUT2D eigenvalue weighted by Gasteiger charge is -1.89. The van der Waals surface area contributed by atoms with E-state index in [1.165, 1.54) is 0 Å². The Morgan fingerprint density at radius 2 is 1.67 bits per heavy atom. The zero-order valence-corrected chi connectivity index (χ0v) is 10.4. The minimum Gasteiger partial charge on any atom is -0.456 e. The minimum absolute atomic E-state index is 0.130. The molecule has 2 heterocycles. The molecule has 0 unspecified atom stereocenters. The molecule has 5 heteroatoms. The van der Waals surface area contributed by atoms with E-state index in [1.54, 1.807) is 12.1 Å². The minimum atomic E-state index is 0.130. The molecule has 0 spiro atoms. The zero-order chi connectivity index (χ0) is 12.3. The molecule has 0 amide bonds. The molecule has 0 fully saturated rings. The van der Waals surface area contributed by atoms with E-state index in [0.29, 0.717) is 16.1 Å². The first-order valence-electron chi connectivity index (χ1n) is 5.28. The third kappa shape index (κ3) is 1.35. The SMILES string of the molecule is Clc1ccc2c(c1)oc1cc3oc(Cl)nc3cc12. The smallest absolute Gasteiger partial charge is 0.293 e. The molecule has 0 saturated heterocycles. The van der Waals surface area contributed by atoms with E-state index in [9.17, 15) is 0 Å². The second kappa shape index (κ2) is 3.40. The fourth-order valence-corrected chi connectivity index (χ4v) is 2.48. The molecule has 2 aromatic heterocycles. The van der Waals surface area contributed by atoms with Gasteiger partial charge in [0.15, 0.2) is 5.58 Å². The van der Waals surface area contributed by atoms with Crippen LogP contribution < -0.4 is 0 Å². The van der Waals surface area contributed by atoms with Crippen LogP contribution in [0.4, 0.5) is 0 Å². The second-order valence-corrected chi connectivity index (χ2v) is 4.79. The summed E-state index contributed by atoms with van der Waals surface area (Å²) in [7, 11) is 0. The van der Waals surface area contributed by atoms with E-state index in [2.05, 4.69) is 4.98 Å². The largest absolute Gasteiger partial charge is 0.456 e. The van der Waals surface area contributed by atoms with Crippen molar-refractivity contribution in [2.45, 2.75) is 0 Å². The van der Waals surface area contributed by atoms with Crippen molar-refractivity contribution in [3.05, 3.63) is 40.7 Å². The molecule has 0 bridgehead atoms. The summed E-state index contributed by atoms with van der Waals surface area (Å²) in [5.41, 5.74) is 2.80. The Balaban J connectivity index is 2.21. The van der Waals surface area contributed by atoms with Crippen LogP contribution in [0, 0.1) is 0 Å². The Hall–Kier alpha value is -1.71. The number of nitrogens with zero attached hydrogens (tertiary/aromatic N) is 1. The van der Waals surface area contributed by atoms with Gasteiger partial charge < -0.3 is 8.83 Å². The first-order valence-corrected chi connectivity index (χ1v) is 6.04. The number of fused-ring (bicyclic) bond motifs is 4. The summed E-state index contributed by atoms with van der Waals surface area (Å²) in [4.78, 5) is 4.10. The summed E-state index contributed by atoms with van der Waals surface area (Å²) >= 11 is 11.7. The highest BCUT2D eigenvalue weighted by molar-refractivity contribution is 6.31. The zero-order valence-electron chi connectivity index (χ0n) is 8.91. The van der Waals surface area contributed by atoms with Gasteiger partial charge >= 0.3 is 0 Å². The van der Waals surface area contributed by atoms with Crippen molar-refractivity contribution < 1.29 is 8.83 Å². The maximum absolute atomic E-state index is 5.94. The highest BCUT2D eigenvalue weighted by Crippen LogP contribution is 2.33. The number of furan rings is 1. The number of rotatable bonds is 0. The quantitative estimate of drug-likeness (QED) is 0.452. The lowest BCUT2D eigenvalue weighted by molar-refractivity contribution is 0.603. The number of hydrogen-bond acceptors (Lipinski definition) is 3. The van der Waals surface area contributed by atoms with Gasteiger partial charge in [0.25, 0.3) is 5.35 Å². The number of hydrogen-bond donors (Lipinski definition) is 0. The average molecular weight is 278 g/mol. The number of oxazole rings is 1. The third-order valence-corrected chi connectivity index (χ3v) is 3.31. The van der Waals surface area contributed by atoms with Gasteiger partial charge in [-0.2, -0.15) is 4.98 Å². The van der Waals surface area contributed by atoms with E-state index in [-0.39, 0.29) is 5.35 Å². The van der Waals surface area contributed by atoms with Crippen molar-refractivity contribution >= 4 is 56.2 Å². The normalized spacial score (nSPS) is 11.9. The topological polar surface area (TPSA) is 39.2 Å². The van der Waals surface area contributed by atoms with Crippen LogP contribution in [0.2, 0.25) is 10.4 Å². The van der Waals surface area contributed by atoms with Crippen LogP contribution in [0.25, 0.3) is 33.0 Å². The summed E-state index contributed by atoms with van der Waals surface area (Å²) in [5.74, 6) is 0. The lowest BCUT2D eigenvalue weighted by Crippen LogP contribution is -1.69. The van der Waals surface area contributed by atoms with Gasteiger partial charge in [0.1, 0.15) is 16.7 Å². The van der Waals surface area contributed by atoms with Gasteiger partial charge in [-0.3, -0.25) is 0 Å². The predicted molar refractivity (Wildman–Crippen MR) is 71.3 cm³/mol. The van der Waals surface area contributed by atoms with Crippen LogP contribution >= 0.6 is 23.2 Å². The molecule has 3 nitrogen and oxygen atoms in total. The van der Waals surface area contributed by atoms with Gasteiger partial charge in [-0.1, -0.05) is 11.6 Å². The molecule has 0 aliphatic heterocycles. The molecule has 0 aliphatic carbocycles. The van der Waals surface area contributed by atoms with Crippen LogP contribution in [0.1, 0.15) is 0 Å². The van der Waals surface area contributed by atoms with E-state index >= 15 is 0 Å². The summed E-state index contributed by atoms with van der Waals surface area (Å²) in [6.45, 7) is 0. The molecular formula is C13H5Cl2NO2. The summed E-state index contributed by atoms with van der Waals surface area (Å²) in [5, 5.41) is 2.74. The van der Waals surface area contributed by atoms with Crippen molar-refractivity contribution in [3.63, 3.8) is 0 Å². The number of aromatic nitrogens is 1. The highest BCUT2D eigenvalue weighted by atomic mass is 35.5. The third-order valence-electron chi connectivity index (χ3n) is 2.92. The summed E-state index contributed by atoms with van der Waals surface area (Å²) < 4.78 is 11.0. The molecule has 88 valence electrons. The fraction of sp³-hybridized carbons (Fsp3) is 0. The molecule has 18 heavy (non-hydrogen) atoms. The van der Waals surface area contributed by atoms with Crippen LogP contribution in [-0.2, 0) is 0 Å². The Morgan fingerprint density at radius 1 is 0.833 bits per heavy atom. The monoisotopic (exact) mass is 277 g/mol. The fourth-order valence-electron chi connectivity index (χ4n) is 2.14. The second-order valence-electron chi connectivity index (χ2n) is 4.03. The number of benzene rings is 2. The van der Waals surface area contributed by atoms with Gasteiger partial charge in [-0.25, -0.2) is 0 Å². The van der Waals surface area contributed by atoms with E-state index in [4.69, 9.17) is 32.0 Å². The Bertz CT molecular complexity index is 907. The van der Waals surface area contributed by atoms with Crippen LogP contribution in [0.5, 0.6) is 0 Å². The molecule has 2 aromatic carbocycles. The van der Waals surface area contributed by atoms with E-state index in [0.717, 1.165) is 21.9 Å². The van der Waals surface area contributed by atoms with Crippen LogP contribution in [0.15, 0.2) is 39.2 Å². The highest BCUT2D eigenvalue weighted by Gasteiger charge is 2.11. The summed E-state index contributed by atoms with van der Waals surface area (Å²) in [6, 6.07) is 9.24. The standard InChI is InChI=1S/C13H5Cl2NO2/c14-6-1-2-7-8-4-9-12(18-13(15)16-9)5-11(8)17-10(7)3-6/h1-5H. The van der Waals surface area contributed by atoms with Gasteiger partial charge in [0.05, 0.1) is 0 Å². The average Bonchev–Trinajstić information content (AvgIpc) is 2.83. The Labute approximate surface area is 111 Å². The molecule has 0 aliphatic rings. The van der Waals surface area contributed by atoms with E-state index < -0.39 is 0 Å². The lowest BCUT2D eigenvalue weighted by atomic mass is 10.1. The molecule has 0 N–H and O–H groups in total. The molecule has 0 radical (unpaired) electrons.